The molecule has 1 heterocycles. The summed E-state index contributed by atoms with van der Waals surface area (Å²) >= 11 is 0. The number of hydrogen-bond acceptors (Lipinski definition) is 3. The Bertz CT molecular complexity index is 379. The normalized spacial score (nSPS) is 28.3. The molecule has 0 aromatic carbocycles. The Kier molecular flexibility index (Phi) is 4.52. The van der Waals surface area contributed by atoms with Gasteiger partial charge in [0.15, 0.2) is 0 Å². The molecular formula is C14H24N2O4. The van der Waals surface area contributed by atoms with E-state index in [1.807, 2.05) is 0 Å². The van der Waals surface area contributed by atoms with Gasteiger partial charge in [-0.2, -0.15) is 0 Å². The molecule has 2 N–H and O–H groups in total. The lowest BCUT2D eigenvalue weighted by atomic mass is 9.89. The fraction of sp³-hybridized carbons (Fsp3) is 0.857. The van der Waals surface area contributed by atoms with Gasteiger partial charge in [-0.25, -0.2) is 4.79 Å². The first kappa shape index (κ1) is 15.1. The van der Waals surface area contributed by atoms with Crippen LogP contribution in [0, 0.1) is 11.3 Å². The summed E-state index contributed by atoms with van der Waals surface area (Å²) in [7, 11) is 1.64. The first-order valence-corrected chi connectivity index (χ1v) is 7.24. The molecule has 20 heavy (non-hydrogen) atoms. The van der Waals surface area contributed by atoms with Crippen molar-refractivity contribution in [1.29, 1.82) is 0 Å². The zero-order valence-electron chi connectivity index (χ0n) is 12.2. The summed E-state index contributed by atoms with van der Waals surface area (Å²) in [5.41, 5.74) is 0.189. The molecule has 6 heteroatoms. The molecule has 2 unspecified atom stereocenters. The molecular weight excluding hydrogens is 260 g/mol. The number of carbonyl (C=O) groups excluding carboxylic acids is 1. The van der Waals surface area contributed by atoms with Crippen molar-refractivity contribution < 1.29 is 19.4 Å². The SMILES string of the molecule is CN(C(=O)NCC1(C)CCCC1)C1COCC1C(=O)O. The molecule has 2 fully saturated rings. The third-order valence-corrected chi connectivity index (χ3v) is 4.66. The molecule has 1 saturated heterocycles. The number of ether oxygens (including phenoxy) is 1. The number of carboxylic acid groups (broad SMARTS) is 1. The minimum Gasteiger partial charge on any atom is -0.481 e. The van der Waals surface area contributed by atoms with Gasteiger partial charge in [0, 0.05) is 13.6 Å². The Morgan fingerprint density at radius 1 is 1.35 bits per heavy atom. The third-order valence-electron chi connectivity index (χ3n) is 4.66. The fourth-order valence-corrected chi connectivity index (χ4v) is 3.13. The van der Waals surface area contributed by atoms with Crippen LogP contribution in [-0.4, -0.2) is 54.9 Å². The second-order valence-corrected chi connectivity index (χ2v) is 6.34. The summed E-state index contributed by atoms with van der Waals surface area (Å²) < 4.78 is 5.20. The lowest BCUT2D eigenvalue weighted by molar-refractivity contribution is -0.142. The molecule has 1 saturated carbocycles. The highest BCUT2D eigenvalue weighted by Crippen LogP contribution is 2.36. The second-order valence-electron chi connectivity index (χ2n) is 6.34. The molecule has 0 aromatic heterocycles. The standard InChI is InChI=1S/C14H24N2O4/c1-14(5-3-4-6-14)9-15-13(19)16(2)11-8-20-7-10(11)12(17)18/h10-11H,3-9H2,1-2H3,(H,15,19)(H,17,18). The average Bonchev–Trinajstić information content (AvgIpc) is 3.04. The van der Waals surface area contributed by atoms with E-state index in [0.29, 0.717) is 6.54 Å². The van der Waals surface area contributed by atoms with Gasteiger partial charge in [-0.3, -0.25) is 4.79 Å². The number of rotatable bonds is 4. The summed E-state index contributed by atoms with van der Waals surface area (Å²) in [6.45, 7) is 3.31. The maximum atomic E-state index is 12.2. The van der Waals surface area contributed by atoms with Crippen molar-refractivity contribution in [3.8, 4) is 0 Å². The first-order chi connectivity index (χ1) is 9.43. The number of hydrogen-bond donors (Lipinski definition) is 2. The Morgan fingerprint density at radius 2 is 2.00 bits per heavy atom. The van der Waals surface area contributed by atoms with Crippen LogP contribution in [-0.2, 0) is 9.53 Å². The molecule has 0 radical (unpaired) electrons. The van der Waals surface area contributed by atoms with Gasteiger partial charge in [0.25, 0.3) is 0 Å². The van der Waals surface area contributed by atoms with Gasteiger partial charge in [-0.15, -0.1) is 0 Å². The Balaban J connectivity index is 1.86. The van der Waals surface area contributed by atoms with Crippen molar-refractivity contribution in [2.45, 2.75) is 38.6 Å². The van der Waals surface area contributed by atoms with Crippen LogP contribution in [0.1, 0.15) is 32.6 Å². The molecule has 1 aliphatic heterocycles. The molecule has 2 atom stereocenters. The zero-order chi connectivity index (χ0) is 14.8. The maximum absolute atomic E-state index is 12.2. The van der Waals surface area contributed by atoms with Crippen LogP contribution in [0.15, 0.2) is 0 Å². The Hall–Kier alpha value is -1.30. The highest BCUT2D eigenvalue weighted by Gasteiger charge is 2.39. The van der Waals surface area contributed by atoms with E-state index < -0.39 is 11.9 Å². The maximum Gasteiger partial charge on any atom is 0.317 e. The second kappa shape index (κ2) is 5.99. The van der Waals surface area contributed by atoms with Crippen molar-refractivity contribution in [1.82, 2.24) is 10.2 Å². The first-order valence-electron chi connectivity index (χ1n) is 7.24. The highest BCUT2D eigenvalue weighted by atomic mass is 16.5. The molecule has 0 aromatic rings. The van der Waals surface area contributed by atoms with Gasteiger partial charge in [0.05, 0.1) is 19.3 Å². The van der Waals surface area contributed by atoms with Gasteiger partial charge in [-0.05, 0) is 18.3 Å². The van der Waals surface area contributed by atoms with Gasteiger partial charge in [-0.1, -0.05) is 19.8 Å². The van der Waals surface area contributed by atoms with Crippen LogP contribution in [0.25, 0.3) is 0 Å². The van der Waals surface area contributed by atoms with E-state index in [1.165, 1.54) is 17.7 Å². The minimum atomic E-state index is -0.907. The van der Waals surface area contributed by atoms with E-state index >= 15 is 0 Å². The number of carbonyl (C=O) groups is 2. The zero-order valence-corrected chi connectivity index (χ0v) is 12.2. The molecule has 6 nitrogen and oxygen atoms in total. The molecule has 0 bridgehead atoms. The summed E-state index contributed by atoms with van der Waals surface area (Å²) in [4.78, 5) is 24.8. The lowest BCUT2D eigenvalue weighted by Gasteiger charge is -2.29. The molecule has 0 spiro atoms. The third kappa shape index (κ3) is 3.23. The van der Waals surface area contributed by atoms with Crippen LogP contribution in [0.5, 0.6) is 0 Å². The number of amides is 2. The van der Waals surface area contributed by atoms with Crippen molar-refractivity contribution >= 4 is 12.0 Å². The summed E-state index contributed by atoms with van der Waals surface area (Å²) in [5.74, 6) is -1.54. The number of nitrogens with zero attached hydrogens (tertiary/aromatic N) is 1. The molecule has 2 amide bonds. The van der Waals surface area contributed by atoms with E-state index in [1.54, 1.807) is 7.05 Å². The largest absolute Gasteiger partial charge is 0.481 e. The highest BCUT2D eigenvalue weighted by molar-refractivity contribution is 5.77. The summed E-state index contributed by atoms with van der Waals surface area (Å²) in [6.07, 6.45) is 4.72. The van der Waals surface area contributed by atoms with Gasteiger partial charge in [0.1, 0.15) is 5.92 Å². The number of carboxylic acids is 1. The number of urea groups is 1. The predicted molar refractivity (Wildman–Crippen MR) is 73.5 cm³/mol. The van der Waals surface area contributed by atoms with Crippen LogP contribution in [0.3, 0.4) is 0 Å². The van der Waals surface area contributed by atoms with Gasteiger partial charge >= 0.3 is 12.0 Å². The number of aliphatic carboxylic acids is 1. The summed E-state index contributed by atoms with van der Waals surface area (Å²) in [6, 6.07) is -0.594. The van der Waals surface area contributed by atoms with E-state index in [4.69, 9.17) is 9.84 Å². The van der Waals surface area contributed by atoms with Crippen molar-refractivity contribution in [3.63, 3.8) is 0 Å². The number of nitrogens with one attached hydrogen (secondary N) is 1. The molecule has 2 aliphatic rings. The van der Waals surface area contributed by atoms with Crippen molar-refractivity contribution in [2.24, 2.45) is 11.3 Å². The Morgan fingerprint density at radius 3 is 2.60 bits per heavy atom. The van der Waals surface area contributed by atoms with Crippen LogP contribution in [0.4, 0.5) is 4.79 Å². The van der Waals surface area contributed by atoms with Crippen LogP contribution in [0.2, 0.25) is 0 Å². The van der Waals surface area contributed by atoms with Crippen LogP contribution < -0.4 is 5.32 Å². The van der Waals surface area contributed by atoms with E-state index in [9.17, 15) is 9.59 Å². The number of likely N-dealkylation sites (N-methyl/N-ethyl adjacent to an activating group) is 1. The quantitative estimate of drug-likeness (QED) is 0.816. The van der Waals surface area contributed by atoms with Crippen molar-refractivity contribution in [2.75, 3.05) is 26.8 Å². The lowest BCUT2D eigenvalue weighted by Crippen LogP contribution is -2.50. The van der Waals surface area contributed by atoms with E-state index in [0.717, 1.165) is 12.8 Å². The van der Waals surface area contributed by atoms with Crippen molar-refractivity contribution in [3.05, 3.63) is 0 Å². The van der Waals surface area contributed by atoms with Gasteiger partial charge < -0.3 is 20.1 Å². The minimum absolute atomic E-state index is 0.176. The predicted octanol–water partition coefficient (Wildman–Crippen LogP) is 1.31. The molecule has 2 rings (SSSR count). The fourth-order valence-electron chi connectivity index (χ4n) is 3.13. The Labute approximate surface area is 119 Å². The topological polar surface area (TPSA) is 78.9 Å². The molecule has 114 valence electrons. The molecule has 1 aliphatic carbocycles. The van der Waals surface area contributed by atoms with E-state index in [-0.39, 0.29) is 30.7 Å². The summed E-state index contributed by atoms with van der Waals surface area (Å²) in [5, 5.41) is 12.1. The van der Waals surface area contributed by atoms with Crippen LogP contribution >= 0.6 is 0 Å². The van der Waals surface area contributed by atoms with E-state index in [2.05, 4.69) is 12.2 Å². The monoisotopic (exact) mass is 284 g/mol. The average molecular weight is 284 g/mol. The van der Waals surface area contributed by atoms with Gasteiger partial charge in [0.2, 0.25) is 0 Å². The smallest absolute Gasteiger partial charge is 0.317 e.